The molecule has 0 spiro atoms. The molecule has 10 nitrogen and oxygen atoms in total. The zero-order valence-corrected chi connectivity index (χ0v) is 16.7. The first kappa shape index (κ1) is 19.5. The number of nitrogen functional groups attached to an aromatic ring is 2. The number of nitrogens with zero attached hydrogens (tertiary/aromatic N) is 6. The lowest BCUT2D eigenvalue weighted by Gasteiger charge is -2.10. The molecule has 0 bridgehead atoms. The summed E-state index contributed by atoms with van der Waals surface area (Å²) in [6, 6.07) is 3.74. The van der Waals surface area contributed by atoms with Gasteiger partial charge in [0.1, 0.15) is 33.9 Å². The fourth-order valence-corrected chi connectivity index (χ4v) is 3.42. The summed E-state index contributed by atoms with van der Waals surface area (Å²) in [5.41, 5.74) is 15.0. The van der Waals surface area contributed by atoms with Crippen LogP contribution in [0.3, 0.4) is 0 Å². The minimum atomic E-state index is -0.265. The highest BCUT2D eigenvalue weighted by Gasteiger charge is 2.17. The molecule has 4 aromatic heterocycles. The Morgan fingerprint density at radius 1 is 1.10 bits per heavy atom. The summed E-state index contributed by atoms with van der Waals surface area (Å²) in [4.78, 5) is 33.6. The first-order valence-corrected chi connectivity index (χ1v) is 9.83. The van der Waals surface area contributed by atoms with Gasteiger partial charge in [-0.15, -0.1) is 0 Å². The van der Waals surface area contributed by atoms with Crippen LogP contribution in [0.25, 0.3) is 22.1 Å². The van der Waals surface area contributed by atoms with Crippen LogP contribution in [0.2, 0.25) is 0 Å². The molecule has 154 valence electrons. The van der Waals surface area contributed by atoms with Crippen molar-refractivity contribution in [2.75, 3.05) is 18.0 Å². The number of rotatable bonds is 7. The maximum absolute atomic E-state index is 12.1. The van der Waals surface area contributed by atoms with Crippen molar-refractivity contribution in [3.8, 4) is 0 Å². The van der Waals surface area contributed by atoms with Gasteiger partial charge in [0.2, 0.25) is 0 Å². The van der Waals surface area contributed by atoms with Crippen LogP contribution < -0.4 is 16.8 Å². The molecule has 0 fully saturated rings. The Hall–Kier alpha value is -3.82. The molecule has 4 heterocycles. The van der Waals surface area contributed by atoms with Crippen molar-refractivity contribution < 1.29 is 4.79 Å². The monoisotopic (exact) mass is 405 g/mol. The average molecular weight is 405 g/mol. The summed E-state index contributed by atoms with van der Waals surface area (Å²) >= 11 is 0. The molecule has 0 aromatic carbocycles. The zero-order valence-electron chi connectivity index (χ0n) is 16.7. The Morgan fingerprint density at radius 3 is 2.73 bits per heavy atom. The fourth-order valence-electron chi connectivity index (χ4n) is 3.42. The van der Waals surface area contributed by atoms with E-state index in [9.17, 15) is 4.79 Å². The van der Waals surface area contributed by atoms with Crippen molar-refractivity contribution >= 4 is 39.6 Å². The van der Waals surface area contributed by atoms with Crippen molar-refractivity contribution in [3.63, 3.8) is 0 Å². The number of nitrogens with one attached hydrogen (secondary N) is 1. The molecule has 4 aromatic rings. The Morgan fingerprint density at radius 2 is 1.97 bits per heavy atom. The Balaban J connectivity index is 1.46. The van der Waals surface area contributed by atoms with Crippen LogP contribution in [-0.2, 0) is 13.0 Å². The van der Waals surface area contributed by atoms with E-state index in [2.05, 4.69) is 36.7 Å². The van der Waals surface area contributed by atoms with E-state index in [1.165, 1.54) is 12.4 Å². The standard InChI is InChI=1S/C20H23N9O/c1-2-15-28-17-18(16-12(27-19(17)22)6-5-8-23-16)29(15)9-4-3-7-24-20(30)13-10-26-14(21)11-25-13/h5-6,8,10-11H,2-4,7,9H2,1H3,(H2,21,26)(H2,22,27)(H,24,30). The van der Waals surface area contributed by atoms with Gasteiger partial charge >= 0.3 is 0 Å². The van der Waals surface area contributed by atoms with E-state index in [1.807, 2.05) is 12.1 Å². The third-order valence-electron chi connectivity index (χ3n) is 4.86. The molecule has 5 N–H and O–H groups in total. The number of aryl methyl sites for hydroxylation is 2. The fraction of sp³-hybridized carbons (Fsp3) is 0.300. The molecule has 0 aliphatic carbocycles. The maximum Gasteiger partial charge on any atom is 0.271 e. The van der Waals surface area contributed by atoms with E-state index >= 15 is 0 Å². The summed E-state index contributed by atoms with van der Waals surface area (Å²) in [6.07, 6.45) is 6.90. The molecule has 0 radical (unpaired) electrons. The van der Waals surface area contributed by atoms with Gasteiger partial charge in [0.25, 0.3) is 5.91 Å². The molecule has 0 aliphatic rings. The van der Waals surface area contributed by atoms with E-state index < -0.39 is 0 Å². The number of nitrogens with two attached hydrogens (primary N) is 2. The Bertz CT molecular complexity index is 1200. The normalized spacial score (nSPS) is 11.2. The van der Waals surface area contributed by atoms with Crippen LogP contribution in [0.4, 0.5) is 11.6 Å². The molecule has 10 heteroatoms. The Labute approximate surface area is 172 Å². The lowest BCUT2D eigenvalue weighted by molar-refractivity contribution is 0.0947. The van der Waals surface area contributed by atoms with Gasteiger partial charge in [0, 0.05) is 25.7 Å². The predicted molar refractivity (Wildman–Crippen MR) is 115 cm³/mol. The highest BCUT2D eigenvalue weighted by Crippen LogP contribution is 2.27. The van der Waals surface area contributed by atoms with Gasteiger partial charge in [-0.05, 0) is 25.0 Å². The number of anilines is 2. The van der Waals surface area contributed by atoms with Crippen molar-refractivity contribution in [2.45, 2.75) is 32.7 Å². The summed E-state index contributed by atoms with van der Waals surface area (Å²) in [5, 5.41) is 2.85. The van der Waals surface area contributed by atoms with Crippen LogP contribution in [0, 0.1) is 0 Å². The van der Waals surface area contributed by atoms with E-state index in [-0.39, 0.29) is 17.4 Å². The van der Waals surface area contributed by atoms with Crippen LogP contribution in [0.1, 0.15) is 36.1 Å². The number of aromatic nitrogens is 6. The molecule has 0 unspecified atom stereocenters. The number of hydrogen-bond acceptors (Lipinski definition) is 8. The van der Waals surface area contributed by atoms with Gasteiger partial charge < -0.3 is 21.4 Å². The first-order valence-electron chi connectivity index (χ1n) is 9.83. The number of carbonyl (C=O) groups is 1. The maximum atomic E-state index is 12.1. The second kappa shape index (κ2) is 8.27. The third-order valence-corrected chi connectivity index (χ3v) is 4.86. The van der Waals surface area contributed by atoms with E-state index in [1.54, 1.807) is 6.20 Å². The molecule has 30 heavy (non-hydrogen) atoms. The number of amides is 1. The molecule has 4 rings (SSSR count). The lowest BCUT2D eigenvalue weighted by Crippen LogP contribution is -2.25. The summed E-state index contributed by atoms with van der Waals surface area (Å²) in [6.45, 7) is 3.33. The van der Waals surface area contributed by atoms with Crippen molar-refractivity contribution in [2.24, 2.45) is 0 Å². The lowest BCUT2D eigenvalue weighted by atomic mass is 10.2. The molecule has 0 aliphatic heterocycles. The molecule has 0 saturated heterocycles. The second-order valence-corrected chi connectivity index (χ2v) is 6.89. The Kier molecular flexibility index (Phi) is 5.38. The van der Waals surface area contributed by atoms with Gasteiger partial charge in [0.15, 0.2) is 5.82 Å². The molecule has 0 saturated carbocycles. The summed E-state index contributed by atoms with van der Waals surface area (Å²) < 4.78 is 2.16. The highest BCUT2D eigenvalue weighted by molar-refractivity contribution is 6.04. The largest absolute Gasteiger partial charge is 0.382 e. The van der Waals surface area contributed by atoms with Crippen LogP contribution in [0.5, 0.6) is 0 Å². The van der Waals surface area contributed by atoms with Gasteiger partial charge in [-0.3, -0.25) is 9.78 Å². The number of pyridine rings is 2. The van der Waals surface area contributed by atoms with Crippen molar-refractivity contribution in [3.05, 3.63) is 42.2 Å². The SMILES string of the molecule is CCc1nc2c(N)nc3cccnc3c2n1CCCCNC(=O)c1cnc(N)cn1. The minimum Gasteiger partial charge on any atom is -0.382 e. The average Bonchev–Trinajstić information content (AvgIpc) is 3.13. The summed E-state index contributed by atoms with van der Waals surface area (Å²) in [5.74, 6) is 1.37. The van der Waals surface area contributed by atoms with Crippen molar-refractivity contribution in [1.82, 2.24) is 34.8 Å². The van der Waals surface area contributed by atoms with Gasteiger partial charge in [-0.25, -0.2) is 19.9 Å². The first-order chi connectivity index (χ1) is 14.6. The number of hydrogen-bond donors (Lipinski definition) is 3. The minimum absolute atomic E-state index is 0.249. The van der Waals surface area contributed by atoms with E-state index in [0.29, 0.717) is 17.9 Å². The number of imidazole rings is 1. The zero-order chi connectivity index (χ0) is 21.1. The number of unbranched alkanes of at least 4 members (excludes halogenated alkanes) is 1. The molecular formula is C20H23N9O. The van der Waals surface area contributed by atoms with E-state index in [4.69, 9.17) is 16.5 Å². The predicted octanol–water partition coefficient (Wildman–Crippen LogP) is 1.71. The summed E-state index contributed by atoms with van der Waals surface area (Å²) in [7, 11) is 0. The smallest absolute Gasteiger partial charge is 0.271 e. The van der Waals surface area contributed by atoms with Crippen molar-refractivity contribution in [1.29, 1.82) is 0 Å². The van der Waals surface area contributed by atoms with Gasteiger partial charge in [0.05, 0.1) is 17.9 Å². The van der Waals surface area contributed by atoms with E-state index in [0.717, 1.165) is 48.2 Å². The van der Waals surface area contributed by atoms with Crippen LogP contribution in [-0.4, -0.2) is 41.9 Å². The van der Waals surface area contributed by atoms with Crippen LogP contribution >= 0.6 is 0 Å². The third kappa shape index (κ3) is 3.71. The number of fused-ring (bicyclic) bond motifs is 3. The topological polar surface area (TPSA) is 151 Å². The second-order valence-electron chi connectivity index (χ2n) is 6.89. The molecule has 0 atom stereocenters. The molecule has 1 amide bonds. The quantitative estimate of drug-likeness (QED) is 0.393. The number of carbonyl (C=O) groups excluding carboxylic acids is 1. The van der Waals surface area contributed by atoms with Gasteiger partial charge in [-0.2, -0.15) is 0 Å². The highest BCUT2D eigenvalue weighted by atomic mass is 16.1. The van der Waals surface area contributed by atoms with Crippen LogP contribution in [0.15, 0.2) is 30.7 Å². The van der Waals surface area contributed by atoms with Gasteiger partial charge in [-0.1, -0.05) is 6.92 Å². The molecular weight excluding hydrogens is 382 g/mol.